The minimum absolute atomic E-state index is 0.102. The van der Waals surface area contributed by atoms with E-state index in [0.29, 0.717) is 12.3 Å². The molecule has 2 heterocycles. The van der Waals surface area contributed by atoms with Gasteiger partial charge in [0.05, 0.1) is 31.7 Å². The van der Waals surface area contributed by atoms with Crippen molar-refractivity contribution in [2.75, 3.05) is 20.3 Å². The lowest BCUT2D eigenvalue weighted by Crippen LogP contribution is -2.17. The van der Waals surface area contributed by atoms with Gasteiger partial charge in [-0.3, -0.25) is 4.99 Å². The summed E-state index contributed by atoms with van der Waals surface area (Å²) in [5.41, 5.74) is 2.87. The summed E-state index contributed by atoms with van der Waals surface area (Å²) in [6.07, 6.45) is 4.08. The number of phenolic OH excluding ortho intramolecular Hbond substituents is 1. The van der Waals surface area contributed by atoms with E-state index in [0.717, 1.165) is 41.1 Å². The highest BCUT2D eigenvalue weighted by atomic mass is 32.1. The predicted molar refractivity (Wildman–Crippen MR) is 115 cm³/mol. The Kier molecular flexibility index (Phi) is 6.07. The van der Waals surface area contributed by atoms with Gasteiger partial charge in [0, 0.05) is 17.6 Å². The summed E-state index contributed by atoms with van der Waals surface area (Å²) in [5, 5.41) is 16.6. The monoisotopic (exact) mass is 409 g/mol. The summed E-state index contributed by atoms with van der Waals surface area (Å²) in [7, 11) is 1.53. The molecule has 0 aliphatic carbocycles. The fourth-order valence-corrected chi connectivity index (χ4v) is 4.04. The highest BCUT2D eigenvalue weighted by Crippen LogP contribution is 2.26. The van der Waals surface area contributed by atoms with Crippen molar-refractivity contribution in [2.45, 2.75) is 18.9 Å². The Morgan fingerprint density at radius 2 is 2.14 bits per heavy atom. The normalized spacial score (nSPS) is 17.3. The molecular formula is C22H23N3O3S. The van der Waals surface area contributed by atoms with Crippen molar-refractivity contribution in [1.82, 2.24) is 4.68 Å². The van der Waals surface area contributed by atoms with Gasteiger partial charge < -0.3 is 14.6 Å². The molecule has 1 aromatic heterocycles. The molecule has 1 aliphatic rings. The number of methoxy groups -OCH3 is 1. The smallest absolute Gasteiger partial charge is 0.206 e. The highest BCUT2D eigenvalue weighted by Gasteiger charge is 2.15. The molecule has 0 spiro atoms. The Hall–Kier alpha value is -2.90. The molecule has 3 aromatic rings. The topological polar surface area (TPSA) is 68.3 Å². The van der Waals surface area contributed by atoms with Gasteiger partial charge in [-0.2, -0.15) is 5.10 Å². The maximum Gasteiger partial charge on any atom is 0.206 e. The lowest BCUT2D eigenvalue weighted by molar-refractivity contribution is 0.117. The summed E-state index contributed by atoms with van der Waals surface area (Å²) in [4.78, 5) is 5.59. The van der Waals surface area contributed by atoms with E-state index < -0.39 is 0 Å². The Morgan fingerprint density at radius 3 is 2.90 bits per heavy atom. The van der Waals surface area contributed by atoms with Crippen molar-refractivity contribution >= 4 is 17.6 Å². The van der Waals surface area contributed by atoms with Gasteiger partial charge in [0.15, 0.2) is 11.5 Å². The molecule has 2 aromatic carbocycles. The van der Waals surface area contributed by atoms with E-state index in [9.17, 15) is 5.11 Å². The van der Waals surface area contributed by atoms with Gasteiger partial charge in [-0.05, 0) is 36.6 Å². The van der Waals surface area contributed by atoms with Gasteiger partial charge in [0.2, 0.25) is 4.80 Å². The zero-order valence-electron chi connectivity index (χ0n) is 16.2. The summed E-state index contributed by atoms with van der Waals surface area (Å²) >= 11 is 1.56. The molecule has 29 heavy (non-hydrogen) atoms. The molecule has 1 fully saturated rings. The first kappa shape index (κ1) is 19.4. The molecule has 150 valence electrons. The second-order valence-corrected chi connectivity index (χ2v) is 7.57. The Morgan fingerprint density at radius 1 is 1.28 bits per heavy atom. The molecule has 6 nitrogen and oxygen atoms in total. The number of thiazole rings is 1. The number of ether oxygens (including phenoxy) is 2. The number of aromatic hydroxyl groups is 1. The van der Waals surface area contributed by atoms with Gasteiger partial charge in [0.1, 0.15) is 0 Å². The van der Waals surface area contributed by atoms with Crippen LogP contribution in [-0.4, -0.2) is 42.4 Å². The van der Waals surface area contributed by atoms with Crippen molar-refractivity contribution in [1.29, 1.82) is 0 Å². The minimum Gasteiger partial charge on any atom is -0.504 e. The maximum absolute atomic E-state index is 9.80. The van der Waals surface area contributed by atoms with E-state index in [4.69, 9.17) is 19.6 Å². The van der Waals surface area contributed by atoms with Crippen LogP contribution in [0, 0.1) is 0 Å². The Balaban J connectivity index is 1.70. The van der Waals surface area contributed by atoms with Gasteiger partial charge >= 0.3 is 0 Å². The lowest BCUT2D eigenvalue weighted by Gasteiger charge is -2.06. The average Bonchev–Trinajstić information content (AvgIpc) is 3.42. The number of hydrogen-bond donors (Lipinski definition) is 1. The van der Waals surface area contributed by atoms with Crippen molar-refractivity contribution in [3.63, 3.8) is 0 Å². The molecule has 0 bridgehead atoms. The molecule has 0 unspecified atom stereocenters. The van der Waals surface area contributed by atoms with Crippen LogP contribution in [0.1, 0.15) is 18.4 Å². The van der Waals surface area contributed by atoms with Crippen LogP contribution in [0.5, 0.6) is 11.5 Å². The zero-order chi connectivity index (χ0) is 20.1. The second-order valence-electron chi connectivity index (χ2n) is 6.73. The van der Waals surface area contributed by atoms with Crippen LogP contribution in [0.15, 0.2) is 64.0 Å². The zero-order valence-corrected chi connectivity index (χ0v) is 17.0. The van der Waals surface area contributed by atoms with Gasteiger partial charge in [-0.1, -0.05) is 30.3 Å². The summed E-state index contributed by atoms with van der Waals surface area (Å²) in [6, 6.07) is 15.3. The number of phenols is 1. The SMILES string of the molecule is COc1cc(/C=N/n2c(-c3ccccc3)csc2=NC[C@H]2CCCO2)ccc1O. The highest BCUT2D eigenvalue weighted by molar-refractivity contribution is 7.07. The number of nitrogens with zero attached hydrogens (tertiary/aromatic N) is 3. The second kappa shape index (κ2) is 9.07. The standard InChI is InChI=1S/C22H23N3O3S/c1-27-21-12-16(9-10-20(21)26)13-24-25-19(17-6-3-2-4-7-17)15-29-22(25)23-14-18-8-5-11-28-18/h2-4,6-7,9-10,12-13,15,18,26H,5,8,11,14H2,1H3/b23-22?,24-13+/t18-/m1/s1. The van der Waals surface area contributed by atoms with Crippen molar-refractivity contribution in [3.8, 4) is 22.8 Å². The largest absolute Gasteiger partial charge is 0.504 e. The van der Waals surface area contributed by atoms with Crippen molar-refractivity contribution < 1.29 is 14.6 Å². The van der Waals surface area contributed by atoms with Crippen LogP contribution in [0.2, 0.25) is 0 Å². The third-order valence-electron chi connectivity index (χ3n) is 4.74. The molecule has 0 amide bonds. The summed E-state index contributed by atoms with van der Waals surface area (Å²) in [5.74, 6) is 0.515. The molecule has 1 aliphatic heterocycles. The fraction of sp³-hybridized carbons (Fsp3) is 0.273. The number of benzene rings is 2. The fourth-order valence-electron chi connectivity index (χ4n) is 3.19. The first-order valence-corrected chi connectivity index (χ1v) is 10.4. The maximum atomic E-state index is 9.80. The molecule has 4 rings (SSSR count). The number of rotatable bonds is 6. The van der Waals surface area contributed by atoms with Crippen LogP contribution in [0.4, 0.5) is 0 Å². The molecule has 1 saturated heterocycles. The van der Waals surface area contributed by atoms with Crippen molar-refractivity contribution in [3.05, 3.63) is 64.3 Å². The van der Waals surface area contributed by atoms with Crippen molar-refractivity contribution in [2.24, 2.45) is 10.1 Å². The van der Waals surface area contributed by atoms with Crippen LogP contribution < -0.4 is 9.54 Å². The third kappa shape index (κ3) is 4.58. The quantitative estimate of drug-likeness (QED) is 0.628. The summed E-state index contributed by atoms with van der Waals surface area (Å²) in [6.45, 7) is 1.46. The van der Waals surface area contributed by atoms with E-state index in [1.807, 2.05) is 22.9 Å². The molecule has 7 heteroatoms. The Labute approximate surface area is 173 Å². The van der Waals surface area contributed by atoms with Crippen LogP contribution in [0.25, 0.3) is 11.3 Å². The molecule has 1 N–H and O–H groups in total. The van der Waals surface area contributed by atoms with E-state index >= 15 is 0 Å². The Bertz CT molecular complexity index is 1050. The molecule has 0 radical (unpaired) electrons. The molecule has 1 atom stereocenters. The molecule has 0 saturated carbocycles. The van der Waals surface area contributed by atoms with E-state index in [-0.39, 0.29) is 11.9 Å². The average molecular weight is 410 g/mol. The van der Waals surface area contributed by atoms with Gasteiger partial charge in [-0.25, -0.2) is 4.68 Å². The first-order chi connectivity index (χ1) is 14.2. The minimum atomic E-state index is 0.102. The van der Waals surface area contributed by atoms with Crippen LogP contribution in [-0.2, 0) is 4.74 Å². The van der Waals surface area contributed by atoms with Crippen LogP contribution >= 0.6 is 11.3 Å². The number of hydrogen-bond acceptors (Lipinski definition) is 6. The van der Waals surface area contributed by atoms with E-state index in [1.165, 1.54) is 7.11 Å². The third-order valence-corrected chi connectivity index (χ3v) is 5.59. The number of aromatic nitrogens is 1. The lowest BCUT2D eigenvalue weighted by atomic mass is 10.2. The van der Waals surface area contributed by atoms with Gasteiger partial charge in [-0.15, -0.1) is 11.3 Å². The first-order valence-electron chi connectivity index (χ1n) is 9.54. The van der Waals surface area contributed by atoms with Gasteiger partial charge in [0.25, 0.3) is 0 Å². The van der Waals surface area contributed by atoms with Crippen LogP contribution in [0.3, 0.4) is 0 Å². The van der Waals surface area contributed by atoms with E-state index in [2.05, 4.69) is 17.5 Å². The predicted octanol–water partition coefficient (Wildman–Crippen LogP) is 3.89. The molecular weight excluding hydrogens is 386 g/mol. The summed E-state index contributed by atoms with van der Waals surface area (Å²) < 4.78 is 12.7. The van der Waals surface area contributed by atoms with E-state index in [1.54, 1.807) is 35.8 Å².